The van der Waals surface area contributed by atoms with Crippen LogP contribution >= 0.6 is 15.9 Å². The van der Waals surface area contributed by atoms with Crippen LogP contribution in [-0.4, -0.2) is 16.8 Å². The van der Waals surface area contributed by atoms with Crippen LogP contribution in [0.3, 0.4) is 0 Å². The van der Waals surface area contributed by atoms with Gasteiger partial charge in [-0.3, -0.25) is 4.79 Å². The SMILES string of the molecule is O=C(NC1CCCCC1Br)c1ccc(F)c(F)c1F. The molecule has 1 N–H and O–H groups in total. The molecule has 2 nitrogen and oxygen atoms in total. The zero-order valence-electron chi connectivity index (χ0n) is 10.1. The lowest BCUT2D eigenvalue weighted by Gasteiger charge is -2.28. The first-order valence-electron chi connectivity index (χ1n) is 6.09. The van der Waals surface area contributed by atoms with Crippen LogP contribution in [0.25, 0.3) is 0 Å². The molecule has 2 rings (SSSR count). The van der Waals surface area contributed by atoms with Crippen molar-refractivity contribution in [1.29, 1.82) is 0 Å². The van der Waals surface area contributed by atoms with Gasteiger partial charge in [-0.05, 0) is 25.0 Å². The van der Waals surface area contributed by atoms with Crippen molar-refractivity contribution in [2.24, 2.45) is 0 Å². The Kier molecular flexibility index (Phi) is 4.50. The van der Waals surface area contributed by atoms with Crippen LogP contribution in [0, 0.1) is 17.5 Å². The van der Waals surface area contributed by atoms with Gasteiger partial charge < -0.3 is 5.32 Å². The van der Waals surface area contributed by atoms with Crippen LogP contribution in [0.1, 0.15) is 36.0 Å². The number of benzene rings is 1. The van der Waals surface area contributed by atoms with Crippen molar-refractivity contribution in [3.63, 3.8) is 0 Å². The molecule has 6 heteroatoms. The summed E-state index contributed by atoms with van der Waals surface area (Å²) in [6.45, 7) is 0. The molecule has 0 heterocycles. The molecular weight excluding hydrogens is 323 g/mol. The highest BCUT2D eigenvalue weighted by Gasteiger charge is 2.26. The molecule has 0 aromatic heterocycles. The first-order valence-corrected chi connectivity index (χ1v) is 7.00. The molecule has 19 heavy (non-hydrogen) atoms. The second-order valence-corrected chi connectivity index (χ2v) is 5.78. The van der Waals surface area contributed by atoms with Gasteiger partial charge in [0.1, 0.15) is 0 Å². The fourth-order valence-corrected chi connectivity index (χ4v) is 2.92. The highest BCUT2D eigenvalue weighted by molar-refractivity contribution is 9.09. The lowest BCUT2D eigenvalue weighted by molar-refractivity contribution is 0.0924. The predicted molar refractivity (Wildman–Crippen MR) is 68.8 cm³/mol. The van der Waals surface area contributed by atoms with E-state index < -0.39 is 28.9 Å². The largest absolute Gasteiger partial charge is 0.348 e. The van der Waals surface area contributed by atoms with Gasteiger partial charge in [-0.25, -0.2) is 13.2 Å². The number of carbonyl (C=O) groups excluding carboxylic acids is 1. The molecule has 104 valence electrons. The smallest absolute Gasteiger partial charge is 0.254 e. The normalized spacial score (nSPS) is 23.2. The van der Waals surface area contributed by atoms with E-state index in [-0.39, 0.29) is 10.9 Å². The highest BCUT2D eigenvalue weighted by atomic mass is 79.9. The molecule has 1 aromatic carbocycles. The molecule has 1 fully saturated rings. The van der Waals surface area contributed by atoms with Crippen LogP contribution in [-0.2, 0) is 0 Å². The Morgan fingerprint density at radius 2 is 1.84 bits per heavy atom. The van der Waals surface area contributed by atoms with E-state index in [1.807, 2.05) is 0 Å². The topological polar surface area (TPSA) is 29.1 Å². The summed E-state index contributed by atoms with van der Waals surface area (Å²) < 4.78 is 39.3. The van der Waals surface area contributed by atoms with Crippen LogP contribution < -0.4 is 5.32 Å². The Morgan fingerprint density at radius 3 is 2.53 bits per heavy atom. The first kappa shape index (κ1) is 14.4. The van der Waals surface area contributed by atoms with Crippen molar-refractivity contribution in [3.8, 4) is 0 Å². The van der Waals surface area contributed by atoms with Crippen molar-refractivity contribution in [1.82, 2.24) is 5.32 Å². The number of alkyl halides is 1. The van der Waals surface area contributed by atoms with E-state index in [0.29, 0.717) is 0 Å². The summed E-state index contributed by atoms with van der Waals surface area (Å²) in [6.07, 6.45) is 3.76. The van der Waals surface area contributed by atoms with E-state index in [1.54, 1.807) is 0 Å². The molecule has 2 unspecified atom stereocenters. The summed E-state index contributed by atoms with van der Waals surface area (Å²) in [5.41, 5.74) is -0.468. The number of carbonyl (C=O) groups is 1. The van der Waals surface area contributed by atoms with E-state index in [0.717, 1.165) is 37.8 Å². The lowest BCUT2D eigenvalue weighted by Crippen LogP contribution is -2.42. The molecule has 0 saturated heterocycles. The standard InChI is InChI=1S/C13H13BrF3NO/c14-8-3-1-2-4-10(8)18-13(19)7-5-6-9(15)12(17)11(7)16/h5-6,8,10H,1-4H2,(H,18,19). The summed E-state index contributed by atoms with van der Waals surface area (Å²) in [4.78, 5) is 12.0. The van der Waals surface area contributed by atoms with Gasteiger partial charge in [-0.15, -0.1) is 0 Å². The number of hydrogen-bond acceptors (Lipinski definition) is 1. The fourth-order valence-electron chi connectivity index (χ4n) is 2.20. The summed E-state index contributed by atoms with van der Waals surface area (Å²) >= 11 is 3.46. The quantitative estimate of drug-likeness (QED) is 0.650. The van der Waals surface area contributed by atoms with Gasteiger partial charge in [0.15, 0.2) is 17.5 Å². The van der Waals surface area contributed by atoms with Gasteiger partial charge in [0.25, 0.3) is 5.91 Å². The molecule has 1 aliphatic rings. The monoisotopic (exact) mass is 335 g/mol. The summed E-state index contributed by atoms with van der Waals surface area (Å²) in [5.74, 6) is -5.08. The zero-order valence-corrected chi connectivity index (χ0v) is 11.6. The molecule has 0 aliphatic heterocycles. The molecule has 1 saturated carbocycles. The Balaban J connectivity index is 2.14. The molecular formula is C13H13BrF3NO. The number of halogens is 4. The molecule has 0 radical (unpaired) electrons. The third-order valence-electron chi connectivity index (χ3n) is 3.28. The van der Waals surface area contributed by atoms with Crippen LogP contribution in [0.5, 0.6) is 0 Å². The number of nitrogens with one attached hydrogen (secondary N) is 1. The molecule has 1 amide bonds. The minimum Gasteiger partial charge on any atom is -0.348 e. The van der Waals surface area contributed by atoms with Crippen molar-refractivity contribution >= 4 is 21.8 Å². The highest BCUT2D eigenvalue weighted by Crippen LogP contribution is 2.25. The van der Waals surface area contributed by atoms with E-state index in [1.165, 1.54) is 0 Å². The van der Waals surface area contributed by atoms with E-state index in [4.69, 9.17) is 0 Å². The Labute approximate surface area is 117 Å². The average Bonchev–Trinajstić information content (AvgIpc) is 2.39. The molecule has 1 aromatic rings. The second kappa shape index (κ2) is 5.94. The molecule has 1 aliphatic carbocycles. The van der Waals surface area contributed by atoms with E-state index in [2.05, 4.69) is 21.2 Å². The van der Waals surface area contributed by atoms with Gasteiger partial charge in [0.2, 0.25) is 0 Å². The van der Waals surface area contributed by atoms with E-state index >= 15 is 0 Å². The van der Waals surface area contributed by atoms with Crippen LogP contribution in [0.15, 0.2) is 12.1 Å². The van der Waals surface area contributed by atoms with Crippen LogP contribution in [0.2, 0.25) is 0 Å². The summed E-state index contributed by atoms with van der Waals surface area (Å²) in [6, 6.07) is 1.59. The maximum absolute atomic E-state index is 13.5. The number of hydrogen-bond donors (Lipinski definition) is 1. The molecule has 2 atom stereocenters. The Hall–Kier alpha value is -1.04. The minimum absolute atomic E-state index is 0.117. The maximum Gasteiger partial charge on any atom is 0.254 e. The fraction of sp³-hybridized carbons (Fsp3) is 0.462. The van der Waals surface area contributed by atoms with Gasteiger partial charge in [-0.1, -0.05) is 28.8 Å². The van der Waals surface area contributed by atoms with Crippen molar-refractivity contribution in [2.75, 3.05) is 0 Å². The molecule has 0 bridgehead atoms. The lowest BCUT2D eigenvalue weighted by atomic mass is 9.95. The Morgan fingerprint density at radius 1 is 1.16 bits per heavy atom. The minimum atomic E-state index is -1.62. The zero-order chi connectivity index (χ0) is 14.0. The summed E-state index contributed by atoms with van der Waals surface area (Å²) in [5, 5.41) is 2.66. The third kappa shape index (κ3) is 3.11. The molecule has 0 spiro atoms. The number of amides is 1. The van der Waals surface area contributed by atoms with Crippen molar-refractivity contribution in [2.45, 2.75) is 36.6 Å². The van der Waals surface area contributed by atoms with Crippen molar-refractivity contribution in [3.05, 3.63) is 35.1 Å². The van der Waals surface area contributed by atoms with E-state index in [9.17, 15) is 18.0 Å². The van der Waals surface area contributed by atoms with Crippen molar-refractivity contribution < 1.29 is 18.0 Å². The third-order valence-corrected chi connectivity index (χ3v) is 4.37. The predicted octanol–water partition coefficient (Wildman–Crippen LogP) is 3.54. The first-order chi connectivity index (χ1) is 9.00. The van der Waals surface area contributed by atoms with Gasteiger partial charge in [-0.2, -0.15) is 0 Å². The number of rotatable bonds is 2. The average molecular weight is 336 g/mol. The maximum atomic E-state index is 13.5. The second-order valence-electron chi connectivity index (χ2n) is 4.60. The van der Waals surface area contributed by atoms with Crippen LogP contribution in [0.4, 0.5) is 13.2 Å². The van der Waals surface area contributed by atoms with Gasteiger partial charge >= 0.3 is 0 Å². The summed E-state index contributed by atoms with van der Waals surface area (Å²) in [7, 11) is 0. The van der Waals surface area contributed by atoms with Gasteiger partial charge in [0, 0.05) is 10.9 Å². The van der Waals surface area contributed by atoms with Gasteiger partial charge in [0.05, 0.1) is 5.56 Å². The Bertz CT molecular complexity index is 495.